The summed E-state index contributed by atoms with van der Waals surface area (Å²) in [6, 6.07) is 4.16. The van der Waals surface area contributed by atoms with Gasteiger partial charge in [0, 0.05) is 18.7 Å². The first-order valence-electron chi connectivity index (χ1n) is 4.77. The highest BCUT2D eigenvalue weighted by Crippen LogP contribution is 2.11. The lowest BCUT2D eigenvalue weighted by Crippen LogP contribution is -2.20. The van der Waals surface area contributed by atoms with Gasteiger partial charge in [0.2, 0.25) is 0 Å². The summed E-state index contributed by atoms with van der Waals surface area (Å²) in [4.78, 5) is 0. The number of benzene rings is 1. The number of oxime groups is 1. The maximum Gasteiger partial charge on any atom is 0.170 e. The number of hydrogen-bond donors (Lipinski definition) is 3. The van der Waals surface area contributed by atoms with Crippen LogP contribution in [0.3, 0.4) is 0 Å². The molecule has 0 aliphatic heterocycles. The molecule has 0 fully saturated rings. The van der Waals surface area contributed by atoms with Crippen molar-refractivity contribution in [2.24, 2.45) is 10.9 Å². The van der Waals surface area contributed by atoms with E-state index in [0.29, 0.717) is 18.7 Å². The Bertz CT molecular complexity index is 404. The molecule has 4 N–H and O–H groups in total. The molecule has 1 rings (SSSR count). The summed E-state index contributed by atoms with van der Waals surface area (Å²) in [6.45, 7) is 4.70. The van der Waals surface area contributed by atoms with Gasteiger partial charge in [-0.05, 0) is 17.7 Å². The molecule has 0 radical (unpaired) electrons. The first kappa shape index (κ1) is 12.2. The average Bonchev–Trinajstić information content (AvgIpc) is 2.30. The van der Waals surface area contributed by atoms with E-state index in [0.717, 1.165) is 5.56 Å². The molecule has 0 atom stereocenters. The normalized spacial score (nSPS) is 11.4. The second-order valence-electron chi connectivity index (χ2n) is 3.21. The molecule has 16 heavy (non-hydrogen) atoms. The zero-order chi connectivity index (χ0) is 12.0. The highest BCUT2D eigenvalue weighted by atomic mass is 19.1. The molecule has 1 aromatic carbocycles. The number of nitrogens with zero attached hydrogens (tertiary/aromatic N) is 1. The van der Waals surface area contributed by atoms with E-state index in [1.807, 2.05) is 0 Å². The minimum atomic E-state index is -0.422. The maximum absolute atomic E-state index is 13.0. The molecular weight excluding hydrogens is 209 g/mol. The van der Waals surface area contributed by atoms with Crippen molar-refractivity contribution >= 4 is 5.84 Å². The highest BCUT2D eigenvalue weighted by molar-refractivity contribution is 5.98. The predicted octanol–water partition coefficient (Wildman–Crippen LogP) is 1.20. The zero-order valence-corrected chi connectivity index (χ0v) is 8.78. The smallest absolute Gasteiger partial charge is 0.170 e. The fourth-order valence-electron chi connectivity index (χ4n) is 1.30. The van der Waals surface area contributed by atoms with Crippen molar-refractivity contribution in [2.45, 2.75) is 6.54 Å². The molecule has 4 nitrogen and oxygen atoms in total. The molecule has 0 saturated carbocycles. The van der Waals surface area contributed by atoms with E-state index >= 15 is 0 Å². The molecule has 0 aliphatic carbocycles. The average molecular weight is 223 g/mol. The van der Waals surface area contributed by atoms with Crippen molar-refractivity contribution < 1.29 is 9.60 Å². The highest BCUT2D eigenvalue weighted by Gasteiger charge is 2.07. The summed E-state index contributed by atoms with van der Waals surface area (Å²) in [5.74, 6) is -0.524. The Kier molecular flexibility index (Phi) is 4.47. The van der Waals surface area contributed by atoms with E-state index in [-0.39, 0.29) is 5.84 Å². The summed E-state index contributed by atoms with van der Waals surface area (Å²) in [6.07, 6.45) is 1.71. The Hall–Kier alpha value is -1.88. The number of hydrogen-bond acceptors (Lipinski definition) is 3. The van der Waals surface area contributed by atoms with E-state index in [2.05, 4.69) is 17.1 Å². The van der Waals surface area contributed by atoms with Crippen LogP contribution in [0, 0.1) is 5.82 Å². The second-order valence-corrected chi connectivity index (χ2v) is 3.21. The zero-order valence-electron chi connectivity index (χ0n) is 8.78. The lowest BCUT2D eigenvalue weighted by atomic mass is 10.1. The van der Waals surface area contributed by atoms with Gasteiger partial charge in [0.1, 0.15) is 5.82 Å². The van der Waals surface area contributed by atoms with Crippen LogP contribution in [-0.2, 0) is 6.54 Å². The van der Waals surface area contributed by atoms with Gasteiger partial charge in [-0.2, -0.15) is 0 Å². The summed E-state index contributed by atoms with van der Waals surface area (Å²) >= 11 is 0. The predicted molar refractivity (Wildman–Crippen MR) is 60.8 cm³/mol. The van der Waals surface area contributed by atoms with Crippen LogP contribution in [0.5, 0.6) is 0 Å². The van der Waals surface area contributed by atoms with Crippen LogP contribution >= 0.6 is 0 Å². The molecule has 0 saturated heterocycles. The molecule has 86 valence electrons. The lowest BCUT2D eigenvalue weighted by Gasteiger charge is -2.08. The van der Waals surface area contributed by atoms with Gasteiger partial charge in [0.25, 0.3) is 0 Å². The van der Waals surface area contributed by atoms with E-state index in [1.54, 1.807) is 12.1 Å². The number of nitrogens with two attached hydrogens (primary N) is 1. The summed E-state index contributed by atoms with van der Waals surface area (Å²) in [7, 11) is 0. The van der Waals surface area contributed by atoms with Gasteiger partial charge in [-0.15, -0.1) is 6.58 Å². The minimum absolute atomic E-state index is 0.102. The fourth-order valence-corrected chi connectivity index (χ4v) is 1.30. The van der Waals surface area contributed by atoms with E-state index in [9.17, 15) is 4.39 Å². The van der Waals surface area contributed by atoms with Crippen molar-refractivity contribution in [3.63, 3.8) is 0 Å². The number of amidine groups is 1. The van der Waals surface area contributed by atoms with Gasteiger partial charge in [-0.25, -0.2) is 4.39 Å². The summed E-state index contributed by atoms with van der Waals surface area (Å²) in [5, 5.41) is 14.5. The largest absolute Gasteiger partial charge is 0.409 e. The topological polar surface area (TPSA) is 70.6 Å². The van der Waals surface area contributed by atoms with Crippen LogP contribution in [0.1, 0.15) is 11.1 Å². The second kappa shape index (κ2) is 5.87. The van der Waals surface area contributed by atoms with Gasteiger partial charge in [0.15, 0.2) is 5.84 Å². The number of halogens is 1. The third-order valence-electron chi connectivity index (χ3n) is 2.06. The SMILES string of the molecule is C=CCNCc1ccc(F)cc1C(N)=NO. The van der Waals surface area contributed by atoms with E-state index in [1.165, 1.54) is 12.1 Å². The van der Waals surface area contributed by atoms with Crippen LogP contribution < -0.4 is 11.1 Å². The summed E-state index contributed by atoms with van der Waals surface area (Å²) < 4.78 is 13.0. The third kappa shape index (κ3) is 3.06. The van der Waals surface area contributed by atoms with Crippen LogP contribution in [0.15, 0.2) is 36.0 Å². The van der Waals surface area contributed by atoms with Crippen LogP contribution in [0.2, 0.25) is 0 Å². The Morgan fingerprint density at radius 3 is 3.00 bits per heavy atom. The molecular formula is C11H14FN3O. The molecule has 0 heterocycles. The molecule has 0 unspecified atom stereocenters. The minimum Gasteiger partial charge on any atom is -0.409 e. The molecule has 0 spiro atoms. The van der Waals surface area contributed by atoms with Crippen molar-refractivity contribution in [1.82, 2.24) is 5.32 Å². The summed E-state index contributed by atoms with van der Waals surface area (Å²) in [5.41, 5.74) is 6.60. The van der Waals surface area contributed by atoms with Gasteiger partial charge in [-0.1, -0.05) is 17.3 Å². The lowest BCUT2D eigenvalue weighted by molar-refractivity contribution is 0.318. The fraction of sp³-hybridized carbons (Fsp3) is 0.182. The van der Waals surface area contributed by atoms with Crippen molar-refractivity contribution in [3.8, 4) is 0 Å². The van der Waals surface area contributed by atoms with Crippen LogP contribution in [0.4, 0.5) is 4.39 Å². The van der Waals surface area contributed by atoms with Crippen molar-refractivity contribution in [1.29, 1.82) is 0 Å². The Morgan fingerprint density at radius 2 is 2.38 bits per heavy atom. The van der Waals surface area contributed by atoms with Crippen molar-refractivity contribution in [3.05, 3.63) is 47.8 Å². The first-order chi connectivity index (χ1) is 7.69. The number of rotatable bonds is 5. The van der Waals surface area contributed by atoms with Gasteiger partial charge in [0.05, 0.1) is 0 Å². The standard InChI is InChI=1S/C11H14FN3O/c1-2-5-14-7-8-3-4-9(12)6-10(8)11(13)15-16/h2-4,6,14,16H,1,5,7H2,(H2,13,15). The number of nitrogens with one attached hydrogen (secondary N) is 1. The van der Waals surface area contributed by atoms with E-state index < -0.39 is 5.82 Å². The molecule has 1 aromatic rings. The van der Waals surface area contributed by atoms with Crippen LogP contribution in [-0.4, -0.2) is 17.6 Å². The molecule has 5 heteroatoms. The molecule has 0 amide bonds. The molecule has 0 bridgehead atoms. The van der Waals surface area contributed by atoms with Crippen LogP contribution in [0.25, 0.3) is 0 Å². The van der Waals surface area contributed by atoms with E-state index in [4.69, 9.17) is 10.9 Å². The molecule has 0 aromatic heterocycles. The monoisotopic (exact) mass is 223 g/mol. The van der Waals surface area contributed by atoms with Crippen molar-refractivity contribution in [2.75, 3.05) is 6.54 Å². The first-order valence-corrected chi connectivity index (χ1v) is 4.77. The Morgan fingerprint density at radius 1 is 1.62 bits per heavy atom. The maximum atomic E-state index is 13.0. The van der Waals surface area contributed by atoms with Gasteiger partial charge in [-0.3, -0.25) is 0 Å². The van der Waals surface area contributed by atoms with Gasteiger partial charge >= 0.3 is 0 Å². The molecule has 0 aliphatic rings. The Labute approximate surface area is 93.3 Å². The third-order valence-corrected chi connectivity index (χ3v) is 2.06. The van der Waals surface area contributed by atoms with Gasteiger partial charge < -0.3 is 16.3 Å². The Balaban J connectivity index is 2.93. The quantitative estimate of drug-likeness (QED) is 0.175.